The highest BCUT2D eigenvalue weighted by Crippen LogP contribution is 2.27. The molecule has 0 saturated heterocycles. The van der Waals surface area contributed by atoms with E-state index >= 15 is 0 Å². The van der Waals surface area contributed by atoms with Crippen LogP contribution in [0.15, 0.2) is 24.3 Å². The van der Waals surface area contributed by atoms with Crippen molar-refractivity contribution in [1.29, 1.82) is 5.26 Å². The van der Waals surface area contributed by atoms with Crippen molar-refractivity contribution in [3.63, 3.8) is 0 Å². The zero-order valence-electron chi connectivity index (χ0n) is 9.62. The normalized spacial score (nSPS) is 18.1. The lowest BCUT2D eigenvalue weighted by molar-refractivity contribution is -0.742. The van der Waals surface area contributed by atoms with Gasteiger partial charge in [-0.05, 0) is 17.7 Å². The molecule has 1 aliphatic heterocycles. The maximum absolute atomic E-state index is 11.2. The molecule has 1 unspecified atom stereocenters. The molecule has 0 amide bonds. The number of nitriles is 1. The number of hydrogen-bond acceptors (Lipinski definition) is 5. The number of rotatable bonds is 2. The Balaban J connectivity index is 2.09. The molecule has 0 aromatic heterocycles. The largest absolute Gasteiger partial charge is 0.427 e. The summed E-state index contributed by atoms with van der Waals surface area (Å²) in [5.74, 6) is 0.0263. The van der Waals surface area contributed by atoms with Gasteiger partial charge in [-0.15, -0.1) is 0 Å². The van der Waals surface area contributed by atoms with Crippen LogP contribution in [0.1, 0.15) is 25.0 Å². The summed E-state index contributed by atoms with van der Waals surface area (Å²) in [5, 5.41) is 19.8. The Morgan fingerprint density at radius 1 is 1.56 bits per heavy atom. The molecule has 1 aromatic rings. The zero-order chi connectivity index (χ0) is 13.1. The van der Waals surface area contributed by atoms with E-state index in [0.29, 0.717) is 5.75 Å². The standard InChI is InChI=1S/C12H10N2O4/c1-8(15)17-11-4-2-9(3-5-11)12-6-10(7-13)14(16)18-12/h2-5,12H,6H2,1H3. The maximum atomic E-state index is 11.2. The number of esters is 1. The van der Waals surface area contributed by atoms with Gasteiger partial charge in [0.15, 0.2) is 6.07 Å². The van der Waals surface area contributed by atoms with E-state index in [2.05, 4.69) is 0 Å². The van der Waals surface area contributed by atoms with Crippen molar-refractivity contribution in [3.05, 3.63) is 35.0 Å². The average molecular weight is 246 g/mol. The van der Waals surface area contributed by atoms with Crippen LogP contribution < -0.4 is 4.74 Å². The molecule has 2 rings (SSSR count). The highest BCUT2D eigenvalue weighted by Gasteiger charge is 2.28. The van der Waals surface area contributed by atoms with E-state index in [1.54, 1.807) is 30.3 Å². The molecule has 0 fully saturated rings. The molecule has 0 N–H and O–H groups in total. The van der Waals surface area contributed by atoms with E-state index in [0.717, 1.165) is 5.56 Å². The fraction of sp³-hybridized carbons (Fsp3) is 0.250. The monoisotopic (exact) mass is 246 g/mol. The van der Waals surface area contributed by atoms with Gasteiger partial charge in [0, 0.05) is 6.92 Å². The Bertz CT molecular complexity index is 542. The van der Waals surface area contributed by atoms with Crippen LogP contribution >= 0.6 is 0 Å². The van der Waals surface area contributed by atoms with E-state index < -0.39 is 12.1 Å². The number of benzene rings is 1. The van der Waals surface area contributed by atoms with Crippen LogP contribution in [0.25, 0.3) is 0 Å². The number of carbonyl (C=O) groups excluding carboxylic acids is 1. The summed E-state index contributed by atoms with van der Waals surface area (Å²) >= 11 is 0. The smallest absolute Gasteiger partial charge is 0.322 e. The first-order chi connectivity index (χ1) is 8.60. The summed E-state index contributed by atoms with van der Waals surface area (Å²) < 4.78 is 4.89. The molecule has 18 heavy (non-hydrogen) atoms. The third-order valence-electron chi connectivity index (χ3n) is 2.46. The molecule has 6 nitrogen and oxygen atoms in total. The van der Waals surface area contributed by atoms with Gasteiger partial charge in [0.05, 0.1) is 11.3 Å². The third kappa shape index (κ3) is 2.40. The predicted molar refractivity (Wildman–Crippen MR) is 60.4 cm³/mol. The minimum absolute atomic E-state index is 0.0454. The van der Waals surface area contributed by atoms with Gasteiger partial charge in [-0.1, -0.05) is 12.1 Å². The summed E-state index contributed by atoms with van der Waals surface area (Å²) in [5.41, 5.74) is 0.793. The maximum Gasteiger partial charge on any atom is 0.322 e. The van der Waals surface area contributed by atoms with E-state index in [4.69, 9.17) is 14.8 Å². The quantitative estimate of drug-likeness (QED) is 0.448. The SMILES string of the molecule is CC(=O)Oc1ccc(C2CC(C#N)=[N+]([O-])O2)cc1. The topological polar surface area (TPSA) is 85.4 Å². The first-order valence-corrected chi connectivity index (χ1v) is 5.28. The molecule has 0 spiro atoms. The first-order valence-electron chi connectivity index (χ1n) is 5.28. The Morgan fingerprint density at radius 3 is 2.72 bits per heavy atom. The number of nitrogens with zero attached hydrogens (tertiary/aromatic N) is 2. The average Bonchev–Trinajstić information content (AvgIpc) is 2.71. The molecule has 1 atom stereocenters. The summed E-state index contributed by atoms with van der Waals surface area (Å²) in [7, 11) is 0. The van der Waals surface area contributed by atoms with Crippen molar-refractivity contribution < 1.29 is 19.3 Å². The number of ether oxygens (including phenoxy) is 1. The van der Waals surface area contributed by atoms with Crippen LogP contribution in [0.4, 0.5) is 0 Å². The molecular formula is C12H10N2O4. The fourth-order valence-corrected chi connectivity index (χ4v) is 1.65. The Morgan fingerprint density at radius 2 is 2.22 bits per heavy atom. The predicted octanol–water partition coefficient (Wildman–Crippen LogP) is 1.46. The lowest BCUT2D eigenvalue weighted by atomic mass is 10.1. The molecule has 0 bridgehead atoms. The van der Waals surface area contributed by atoms with Crippen LogP contribution in [0, 0.1) is 16.5 Å². The fourth-order valence-electron chi connectivity index (χ4n) is 1.65. The summed E-state index contributed by atoms with van der Waals surface area (Å²) in [6.07, 6.45) is -0.226. The molecule has 1 heterocycles. The molecule has 1 aromatic carbocycles. The Kier molecular flexibility index (Phi) is 3.15. The molecule has 92 valence electrons. The van der Waals surface area contributed by atoms with Gasteiger partial charge >= 0.3 is 11.7 Å². The van der Waals surface area contributed by atoms with Crippen molar-refractivity contribution in [2.24, 2.45) is 0 Å². The lowest BCUT2D eigenvalue weighted by Gasteiger charge is -2.11. The molecule has 0 radical (unpaired) electrons. The summed E-state index contributed by atoms with van der Waals surface area (Å²) in [6, 6.07) is 8.39. The van der Waals surface area contributed by atoms with Gasteiger partial charge in [-0.25, -0.2) is 0 Å². The molecule has 0 saturated carbocycles. The van der Waals surface area contributed by atoms with Crippen LogP contribution in [-0.2, 0) is 9.63 Å². The van der Waals surface area contributed by atoms with Gasteiger partial charge in [0.25, 0.3) is 0 Å². The lowest BCUT2D eigenvalue weighted by Crippen LogP contribution is -2.04. The van der Waals surface area contributed by atoms with Gasteiger partial charge in [0.1, 0.15) is 11.9 Å². The van der Waals surface area contributed by atoms with Crippen LogP contribution in [0.5, 0.6) is 5.75 Å². The second kappa shape index (κ2) is 4.75. The van der Waals surface area contributed by atoms with Gasteiger partial charge in [-0.3, -0.25) is 10.0 Å². The van der Waals surface area contributed by atoms with Gasteiger partial charge in [0.2, 0.25) is 0 Å². The molecular weight excluding hydrogens is 236 g/mol. The zero-order valence-corrected chi connectivity index (χ0v) is 9.62. The second-order valence-corrected chi connectivity index (χ2v) is 3.78. The van der Waals surface area contributed by atoms with Crippen LogP contribution in [0.3, 0.4) is 0 Å². The van der Waals surface area contributed by atoms with Crippen molar-refractivity contribution in [3.8, 4) is 11.8 Å². The Labute approximate surface area is 103 Å². The molecule has 0 aliphatic carbocycles. The van der Waals surface area contributed by atoms with Gasteiger partial charge < -0.3 is 9.57 Å². The van der Waals surface area contributed by atoms with E-state index in [-0.39, 0.29) is 17.0 Å². The first kappa shape index (κ1) is 11.9. The van der Waals surface area contributed by atoms with Crippen LogP contribution in [-0.4, -0.2) is 16.6 Å². The minimum Gasteiger partial charge on any atom is -0.427 e. The van der Waals surface area contributed by atoms with Crippen molar-refractivity contribution in [2.75, 3.05) is 0 Å². The van der Waals surface area contributed by atoms with E-state index in [1.165, 1.54) is 6.92 Å². The highest BCUT2D eigenvalue weighted by atomic mass is 16.9. The summed E-state index contributed by atoms with van der Waals surface area (Å²) in [4.78, 5) is 16.0. The van der Waals surface area contributed by atoms with Crippen molar-refractivity contribution in [2.45, 2.75) is 19.4 Å². The van der Waals surface area contributed by atoms with E-state index in [9.17, 15) is 10.0 Å². The number of carbonyl (C=O) groups is 1. The van der Waals surface area contributed by atoms with Crippen molar-refractivity contribution >= 4 is 11.7 Å². The number of hydrogen-bond donors (Lipinski definition) is 0. The molecule has 6 heteroatoms. The van der Waals surface area contributed by atoms with Crippen molar-refractivity contribution in [1.82, 2.24) is 0 Å². The van der Waals surface area contributed by atoms with Gasteiger partial charge in [-0.2, -0.15) is 5.26 Å². The van der Waals surface area contributed by atoms with Crippen LogP contribution in [0.2, 0.25) is 0 Å². The second-order valence-electron chi connectivity index (χ2n) is 3.78. The summed E-state index contributed by atoms with van der Waals surface area (Å²) in [6.45, 7) is 1.32. The minimum atomic E-state index is -0.469. The van der Waals surface area contributed by atoms with E-state index in [1.807, 2.05) is 0 Å². The third-order valence-corrected chi connectivity index (χ3v) is 2.46. The Hall–Kier alpha value is -2.55. The highest BCUT2D eigenvalue weighted by molar-refractivity contribution is 5.95. The molecule has 1 aliphatic rings.